The Bertz CT molecular complexity index is 319. The van der Waals surface area contributed by atoms with Crippen molar-refractivity contribution in [1.29, 1.82) is 0 Å². The number of benzene rings is 1. The van der Waals surface area contributed by atoms with E-state index in [1.54, 1.807) is 0 Å². The third-order valence-corrected chi connectivity index (χ3v) is 3.44. The van der Waals surface area contributed by atoms with Gasteiger partial charge in [-0.2, -0.15) is 0 Å². The number of halogens is 1. The van der Waals surface area contributed by atoms with Crippen molar-refractivity contribution in [2.45, 2.75) is 12.3 Å². The van der Waals surface area contributed by atoms with E-state index in [0.29, 0.717) is 12.5 Å². The molecule has 1 aliphatic rings. The summed E-state index contributed by atoms with van der Waals surface area (Å²) < 4.78 is 0. The Balaban J connectivity index is 2.16. The van der Waals surface area contributed by atoms with Gasteiger partial charge in [0.25, 0.3) is 0 Å². The van der Waals surface area contributed by atoms with E-state index in [4.69, 9.17) is 17.3 Å². The first-order valence-electron chi connectivity index (χ1n) is 4.78. The third kappa shape index (κ3) is 1.54. The average Bonchev–Trinajstić information content (AvgIpc) is 2.94. The fourth-order valence-corrected chi connectivity index (χ4v) is 2.10. The molecule has 0 spiro atoms. The van der Waals surface area contributed by atoms with Crippen molar-refractivity contribution in [1.82, 2.24) is 0 Å². The lowest BCUT2D eigenvalue weighted by Crippen LogP contribution is -2.21. The van der Waals surface area contributed by atoms with Gasteiger partial charge in [0, 0.05) is 17.0 Å². The molecule has 2 rings (SSSR count). The van der Waals surface area contributed by atoms with E-state index in [0.717, 1.165) is 11.4 Å². The van der Waals surface area contributed by atoms with E-state index < -0.39 is 0 Å². The van der Waals surface area contributed by atoms with Crippen LogP contribution in [0.4, 0.5) is 0 Å². The minimum absolute atomic E-state index is 0.0617. The largest absolute Gasteiger partial charge is 0.396 e. The van der Waals surface area contributed by atoms with E-state index in [1.165, 1.54) is 5.56 Å². The Morgan fingerprint density at radius 1 is 1.43 bits per heavy atom. The number of hydrogen-bond donors (Lipinski definition) is 2. The number of aliphatic hydroxyl groups is 1. The standard InChI is InChI=1S/C11H14ClNO/c12-9-3-1-8(2-4-9)10-5-11(10,6-13)7-14/h1-4,10,14H,5-7,13H2/t10-,11-/m0/s1. The van der Waals surface area contributed by atoms with Crippen LogP contribution in [0.2, 0.25) is 5.02 Å². The lowest BCUT2D eigenvalue weighted by molar-refractivity contribution is 0.211. The van der Waals surface area contributed by atoms with Crippen molar-refractivity contribution >= 4 is 11.6 Å². The van der Waals surface area contributed by atoms with Crippen LogP contribution in [0.15, 0.2) is 24.3 Å². The van der Waals surface area contributed by atoms with Gasteiger partial charge < -0.3 is 10.8 Å². The van der Waals surface area contributed by atoms with Crippen LogP contribution in [0.25, 0.3) is 0 Å². The molecule has 0 heterocycles. The highest BCUT2D eigenvalue weighted by Crippen LogP contribution is 2.58. The number of nitrogens with two attached hydrogens (primary N) is 1. The van der Waals surface area contributed by atoms with E-state index in [-0.39, 0.29) is 12.0 Å². The predicted molar refractivity (Wildman–Crippen MR) is 57.4 cm³/mol. The molecule has 76 valence electrons. The van der Waals surface area contributed by atoms with Gasteiger partial charge in [-0.05, 0) is 30.0 Å². The summed E-state index contributed by atoms with van der Waals surface area (Å²) in [5.41, 5.74) is 6.82. The maximum atomic E-state index is 9.24. The van der Waals surface area contributed by atoms with Crippen LogP contribution in [-0.2, 0) is 0 Å². The van der Waals surface area contributed by atoms with Crippen LogP contribution < -0.4 is 5.73 Å². The first-order valence-corrected chi connectivity index (χ1v) is 5.16. The number of rotatable bonds is 3. The molecule has 3 N–H and O–H groups in total. The van der Waals surface area contributed by atoms with Gasteiger partial charge in [-0.1, -0.05) is 23.7 Å². The molecule has 0 bridgehead atoms. The summed E-state index contributed by atoms with van der Waals surface area (Å²) in [6, 6.07) is 7.79. The fourth-order valence-electron chi connectivity index (χ4n) is 1.98. The normalized spacial score (nSPS) is 30.4. The minimum Gasteiger partial charge on any atom is -0.396 e. The molecule has 0 saturated heterocycles. The van der Waals surface area contributed by atoms with Crippen LogP contribution >= 0.6 is 11.6 Å². The molecule has 1 aliphatic carbocycles. The quantitative estimate of drug-likeness (QED) is 0.801. The summed E-state index contributed by atoms with van der Waals surface area (Å²) in [5.74, 6) is 0.412. The van der Waals surface area contributed by atoms with E-state index in [9.17, 15) is 5.11 Å². The summed E-state index contributed by atoms with van der Waals surface area (Å²) in [5, 5.41) is 9.98. The van der Waals surface area contributed by atoms with Crippen molar-refractivity contribution in [3.63, 3.8) is 0 Å². The van der Waals surface area contributed by atoms with E-state index in [1.807, 2.05) is 24.3 Å². The molecule has 0 amide bonds. The minimum atomic E-state index is -0.0617. The highest BCUT2D eigenvalue weighted by molar-refractivity contribution is 6.30. The third-order valence-electron chi connectivity index (χ3n) is 3.18. The lowest BCUT2D eigenvalue weighted by Gasteiger charge is -2.10. The molecule has 2 nitrogen and oxygen atoms in total. The Morgan fingerprint density at radius 3 is 2.50 bits per heavy atom. The SMILES string of the molecule is NC[C@]1(CO)C[C@H]1c1ccc(Cl)cc1. The zero-order chi connectivity index (χ0) is 10.2. The van der Waals surface area contributed by atoms with Crippen LogP contribution in [-0.4, -0.2) is 18.3 Å². The molecule has 2 atom stereocenters. The van der Waals surface area contributed by atoms with Gasteiger partial charge in [0.15, 0.2) is 0 Å². The highest BCUT2D eigenvalue weighted by atomic mass is 35.5. The molecule has 3 heteroatoms. The lowest BCUT2D eigenvalue weighted by atomic mass is 10.0. The first kappa shape index (κ1) is 9.97. The van der Waals surface area contributed by atoms with Gasteiger partial charge >= 0.3 is 0 Å². The second-order valence-electron chi connectivity index (χ2n) is 4.03. The summed E-state index contributed by atoms with van der Waals surface area (Å²) >= 11 is 5.80. The van der Waals surface area contributed by atoms with Gasteiger partial charge in [0.05, 0.1) is 6.61 Å². The molecular weight excluding hydrogens is 198 g/mol. The molecule has 0 aromatic heterocycles. The van der Waals surface area contributed by atoms with Crippen LogP contribution in [0, 0.1) is 5.41 Å². The molecule has 0 unspecified atom stereocenters. The maximum absolute atomic E-state index is 9.24. The van der Waals surface area contributed by atoms with Crippen molar-refractivity contribution in [2.75, 3.05) is 13.2 Å². The summed E-state index contributed by atoms with van der Waals surface area (Å²) in [7, 11) is 0. The number of hydrogen-bond acceptors (Lipinski definition) is 2. The topological polar surface area (TPSA) is 46.2 Å². The van der Waals surface area contributed by atoms with Crippen molar-refractivity contribution in [3.05, 3.63) is 34.9 Å². The van der Waals surface area contributed by atoms with Crippen LogP contribution in [0.1, 0.15) is 17.9 Å². The molecule has 1 aromatic carbocycles. The Hall–Kier alpha value is -0.570. The second kappa shape index (κ2) is 3.54. The zero-order valence-electron chi connectivity index (χ0n) is 7.91. The van der Waals surface area contributed by atoms with E-state index in [2.05, 4.69) is 0 Å². The molecule has 1 fully saturated rings. The summed E-state index contributed by atoms with van der Waals surface area (Å²) in [6.45, 7) is 0.730. The molecule has 1 aromatic rings. The molecule has 0 radical (unpaired) electrons. The zero-order valence-corrected chi connectivity index (χ0v) is 8.67. The van der Waals surface area contributed by atoms with Gasteiger partial charge in [-0.15, -0.1) is 0 Å². The molecular formula is C11H14ClNO. The fraction of sp³-hybridized carbons (Fsp3) is 0.455. The number of aliphatic hydroxyl groups excluding tert-OH is 1. The van der Waals surface area contributed by atoms with Crippen LogP contribution in [0.5, 0.6) is 0 Å². The van der Waals surface area contributed by atoms with Crippen molar-refractivity contribution in [2.24, 2.45) is 11.1 Å². The van der Waals surface area contributed by atoms with Gasteiger partial charge in [0.1, 0.15) is 0 Å². The van der Waals surface area contributed by atoms with Crippen molar-refractivity contribution < 1.29 is 5.11 Å². The summed E-state index contributed by atoms with van der Waals surface area (Å²) in [4.78, 5) is 0. The predicted octanol–water partition coefficient (Wildman–Crippen LogP) is 1.76. The van der Waals surface area contributed by atoms with Crippen LogP contribution in [0.3, 0.4) is 0 Å². The molecule has 14 heavy (non-hydrogen) atoms. The molecule has 0 aliphatic heterocycles. The second-order valence-corrected chi connectivity index (χ2v) is 4.47. The Labute approximate surface area is 88.7 Å². The summed E-state index contributed by atoms with van der Waals surface area (Å²) in [6.07, 6.45) is 0.988. The smallest absolute Gasteiger partial charge is 0.0505 e. The van der Waals surface area contributed by atoms with Gasteiger partial charge in [-0.3, -0.25) is 0 Å². The average molecular weight is 212 g/mol. The van der Waals surface area contributed by atoms with Gasteiger partial charge in [0.2, 0.25) is 0 Å². The first-order chi connectivity index (χ1) is 6.72. The maximum Gasteiger partial charge on any atom is 0.0505 e. The monoisotopic (exact) mass is 211 g/mol. The Morgan fingerprint density at radius 2 is 2.07 bits per heavy atom. The Kier molecular flexibility index (Phi) is 2.52. The van der Waals surface area contributed by atoms with E-state index >= 15 is 0 Å². The van der Waals surface area contributed by atoms with Gasteiger partial charge in [-0.25, -0.2) is 0 Å². The van der Waals surface area contributed by atoms with Crippen molar-refractivity contribution in [3.8, 4) is 0 Å². The molecule has 1 saturated carbocycles. The highest BCUT2D eigenvalue weighted by Gasteiger charge is 2.53.